The predicted molar refractivity (Wildman–Crippen MR) is 120 cm³/mol. The van der Waals surface area contributed by atoms with E-state index in [9.17, 15) is 9.59 Å². The lowest BCUT2D eigenvalue weighted by molar-refractivity contribution is -0.118. The number of aryl methyl sites for hydroxylation is 1. The average Bonchev–Trinajstić information content (AvgIpc) is 2.71. The summed E-state index contributed by atoms with van der Waals surface area (Å²) in [7, 11) is 0. The van der Waals surface area contributed by atoms with Crippen molar-refractivity contribution in [3.63, 3.8) is 0 Å². The van der Waals surface area contributed by atoms with Gasteiger partial charge >= 0.3 is 0 Å². The van der Waals surface area contributed by atoms with Gasteiger partial charge in [-0.2, -0.15) is 0 Å². The van der Waals surface area contributed by atoms with Crippen LogP contribution in [0.15, 0.2) is 46.9 Å². The molecule has 0 bridgehead atoms. The molecule has 0 atom stereocenters. The maximum atomic E-state index is 12.2. The molecular weight excluding hydrogens is 434 g/mol. The molecule has 0 saturated heterocycles. The van der Waals surface area contributed by atoms with Gasteiger partial charge in [0.2, 0.25) is 0 Å². The van der Waals surface area contributed by atoms with E-state index in [1.54, 1.807) is 24.3 Å². The SMILES string of the molecule is CCN(CC)CCNC(=O)c1ccc(NC(=O)COc2ccc(Br)cc2C)cc1. The number of amides is 2. The zero-order valence-corrected chi connectivity index (χ0v) is 18.7. The molecule has 2 amide bonds. The molecule has 0 aliphatic heterocycles. The van der Waals surface area contributed by atoms with Crippen LogP contribution in [0.4, 0.5) is 5.69 Å². The molecule has 0 radical (unpaired) electrons. The van der Waals surface area contributed by atoms with Gasteiger partial charge in [-0.15, -0.1) is 0 Å². The monoisotopic (exact) mass is 461 g/mol. The molecule has 0 aliphatic rings. The highest BCUT2D eigenvalue weighted by atomic mass is 79.9. The van der Waals surface area contributed by atoms with Crippen LogP contribution in [0.3, 0.4) is 0 Å². The predicted octanol–water partition coefficient (Wildman–Crippen LogP) is 3.85. The number of hydrogen-bond donors (Lipinski definition) is 2. The molecule has 2 N–H and O–H groups in total. The van der Waals surface area contributed by atoms with E-state index in [0.717, 1.165) is 29.7 Å². The van der Waals surface area contributed by atoms with Crippen molar-refractivity contribution in [2.45, 2.75) is 20.8 Å². The quantitative estimate of drug-likeness (QED) is 0.563. The van der Waals surface area contributed by atoms with E-state index in [4.69, 9.17) is 4.74 Å². The van der Waals surface area contributed by atoms with Crippen molar-refractivity contribution in [3.05, 3.63) is 58.1 Å². The van der Waals surface area contributed by atoms with Gasteiger partial charge in [-0.1, -0.05) is 29.8 Å². The molecule has 0 heterocycles. The van der Waals surface area contributed by atoms with Crippen LogP contribution in [-0.4, -0.2) is 49.5 Å². The van der Waals surface area contributed by atoms with Crippen molar-refractivity contribution in [2.75, 3.05) is 38.1 Å². The number of ether oxygens (including phenoxy) is 1. The number of carbonyl (C=O) groups is 2. The van der Waals surface area contributed by atoms with Gasteiger partial charge in [0.15, 0.2) is 6.61 Å². The van der Waals surface area contributed by atoms with Crippen molar-refractivity contribution >= 4 is 33.4 Å². The normalized spacial score (nSPS) is 10.7. The van der Waals surface area contributed by atoms with Crippen molar-refractivity contribution in [2.24, 2.45) is 0 Å². The molecule has 156 valence electrons. The number of rotatable bonds is 10. The maximum Gasteiger partial charge on any atom is 0.262 e. The molecule has 6 nitrogen and oxygen atoms in total. The van der Waals surface area contributed by atoms with Crippen molar-refractivity contribution in [1.82, 2.24) is 10.2 Å². The highest BCUT2D eigenvalue weighted by molar-refractivity contribution is 9.10. The van der Waals surface area contributed by atoms with Gasteiger partial charge in [0.1, 0.15) is 5.75 Å². The van der Waals surface area contributed by atoms with E-state index in [-0.39, 0.29) is 18.4 Å². The molecule has 0 aliphatic carbocycles. The summed E-state index contributed by atoms with van der Waals surface area (Å²) >= 11 is 3.40. The number of benzene rings is 2. The van der Waals surface area contributed by atoms with Gasteiger partial charge in [-0.3, -0.25) is 9.59 Å². The second-order valence-electron chi connectivity index (χ2n) is 6.61. The first-order valence-corrected chi connectivity index (χ1v) is 10.5. The number of likely N-dealkylation sites (N-methyl/N-ethyl adjacent to an activating group) is 1. The number of hydrogen-bond acceptors (Lipinski definition) is 4. The maximum absolute atomic E-state index is 12.2. The Labute approximate surface area is 180 Å². The third-order valence-electron chi connectivity index (χ3n) is 4.53. The molecule has 0 fully saturated rings. The highest BCUT2D eigenvalue weighted by Gasteiger charge is 2.09. The molecule has 29 heavy (non-hydrogen) atoms. The fraction of sp³-hybridized carbons (Fsp3) is 0.364. The van der Waals surface area contributed by atoms with Crippen LogP contribution in [-0.2, 0) is 4.79 Å². The van der Waals surface area contributed by atoms with Crippen LogP contribution in [0.2, 0.25) is 0 Å². The summed E-state index contributed by atoms with van der Waals surface area (Å²) in [5.74, 6) is 0.285. The van der Waals surface area contributed by atoms with Gasteiger partial charge in [0, 0.05) is 28.8 Å². The summed E-state index contributed by atoms with van der Waals surface area (Å²) < 4.78 is 6.53. The van der Waals surface area contributed by atoms with E-state index in [1.807, 2.05) is 25.1 Å². The Morgan fingerprint density at radius 2 is 1.76 bits per heavy atom. The van der Waals surface area contributed by atoms with Crippen LogP contribution in [0.5, 0.6) is 5.75 Å². The Morgan fingerprint density at radius 3 is 2.38 bits per heavy atom. The molecule has 0 unspecified atom stereocenters. The van der Waals surface area contributed by atoms with Gasteiger partial charge in [-0.25, -0.2) is 0 Å². The lowest BCUT2D eigenvalue weighted by Gasteiger charge is -2.18. The van der Waals surface area contributed by atoms with Crippen molar-refractivity contribution < 1.29 is 14.3 Å². The third kappa shape index (κ3) is 7.51. The number of anilines is 1. The summed E-state index contributed by atoms with van der Waals surface area (Å²) in [6.45, 7) is 9.39. The molecule has 2 aromatic rings. The summed E-state index contributed by atoms with van der Waals surface area (Å²) in [4.78, 5) is 26.6. The first-order valence-electron chi connectivity index (χ1n) is 9.72. The standard InChI is InChI=1S/C22H28BrN3O3/c1-4-26(5-2)13-12-24-22(28)17-6-9-19(10-7-17)25-21(27)15-29-20-11-8-18(23)14-16(20)3/h6-11,14H,4-5,12-13,15H2,1-3H3,(H,24,28)(H,25,27). The zero-order valence-electron chi connectivity index (χ0n) is 17.1. The molecule has 0 spiro atoms. The van der Waals surface area contributed by atoms with Crippen molar-refractivity contribution in [3.8, 4) is 5.75 Å². The van der Waals surface area contributed by atoms with Crippen molar-refractivity contribution in [1.29, 1.82) is 0 Å². The zero-order chi connectivity index (χ0) is 21.2. The molecule has 0 saturated carbocycles. The van der Waals surface area contributed by atoms with Gasteiger partial charge < -0.3 is 20.3 Å². The molecule has 2 aromatic carbocycles. The number of carbonyl (C=O) groups excluding carboxylic acids is 2. The molecule has 2 rings (SSSR count). The molecule has 0 aromatic heterocycles. The van der Waals surface area contributed by atoms with Crippen LogP contribution in [0.1, 0.15) is 29.8 Å². The Kier molecular flexibility index (Phi) is 9.15. The van der Waals surface area contributed by atoms with Crippen LogP contribution < -0.4 is 15.4 Å². The summed E-state index contributed by atoms with van der Waals surface area (Å²) in [6.07, 6.45) is 0. The van der Waals surface area contributed by atoms with E-state index < -0.39 is 0 Å². The summed E-state index contributed by atoms with van der Waals surface area (Å²) in [5.41, 5.74) is 2.12. The van der Waals surface area contributed by atoms with Gasteiger partial charge in [-0.05, 0) is 68.0 Å². The topological polar surface area (TPSA) is 70.7 Å². The first kappa shape index (κ1) is 22.9. The van der Waals surface area contributed by atoms with Crippen LogP contribution in [0, 0.1) is 6.92 Å². The number of halogens is 1. The smallest absolute Gasteiger partial charge is 0.262 e. The number of nitrogens with one attached hydrogen (secondary N) is 2. The molecular formula is C22H28BrN3O3. The average molecular weight is 462 g/mol. The van der Waals surface area contributed by atoms with E-state index in [1.165, 1.54) is 0 Å². The number of nitrogens with zero attached hydrogens (tertiary/aromatic N) is 1. The van der Waals surface area contributed by atoms with Crippen LogP contribution in [0.25, 0.3) is 0 Å². The van der Waals surface area contributed by atoms with Gasteiger partial charge in [0.25, 0.3) is 11.8 Å². The lowest BCUT2D eigenvalue weighted by atomic mass is 10.2. The first-order chi connectivity index (χ1) is 13.9. The third-order valence-corrected chi connectivity index (χ3v) is 5.03. The Balaban J connectivity index is 1.80. The highest BCUT2D eigenvalue weighted by Crippen LogP contribution is 2.22. The van der Waals surface area contributed by atoms with Crippen LogP contribution >= 0.6 is 15.9 Å². The second-order valence-corrected chi connectivity index (χ2v) is 7.52. The minimum atomic E-state index is -0.260. The van der Waals surface area contributed by atoms with E-state index in [0.29, 0.717) is 23.5 Å². The fourth-order valence-corrected chi connectivity index (χ4v) is 3.27. The minimum absolute atomic E-state index is 0.0872. The lowest BCUT2D eigenvalue weighted by Crippen LogP contribution is -2.34. The Bertz CT molecular complexity index is 821. The summed E-state index contributed by atoms with van der Waals surface area (Å²) in [5, 5.41) is 5.69. The van der Waals surface area contributed by atoms with E-state index >= 15 is 0 Å². The largest absolute Gasteiger partial charge is 0.483 e. The Hall–Kier alpha value is -2.38. The van der Waals surface area contributed by atoms with Gasteiger partial charge in [0.05, 0.1) is 0 Å². The Morgan fingerprint density at radius 1 is 1.07 bits per heavy atom. The molecule has 7 heteroatoms. The minimum Gasteiger partial charge on any atom is -0.483 e. The summed E-state index contributed by atoms with van der Waals surface area (Å²) in [6, 6.07) is 12.4. The van der Waals surface area contributed by atoms with E-state index in [2.05, 4.69) is 45.3 Å². The fourth-order valence-electron chi connectivity index (χ4n) is 2.79. The second kappa shape index (κ2) is 11.6.